The zero-order chi connectivity index (χ0) is 16.8. The number of piperidine rings is 1. The second-order valence-corrected chi connectivity index (χ2v) is 5.97. The maximum atomic E-state index is 12.5. The lowest BCUT2D eigenvalue weighted by Gasteiger charge is -2.35. The van der Waals surface area contributed by atoms with Gasteiger partial charge >= 0.3 is 6.09 Å². The number of nitrogens with zero attached hydrogens (tertiary/aromatic N) is 2. The fourth-order valence-electron chi connectivity index (χ4n) is 3.05. The molecule has 0 aliphatic carbocycles. The minimum atomic E-state index is -0.249. The summed E-state index contributed by atoms with van der Waals surface area (Å²) in [5, 5.41) is 3.01. The van der Waals surface area contributed by atoms with Crippen LogP contribution < -0.4 is 5.32 Å². The molecule has 1 aromatic carbocycles. The highest BCUT2D eigenvalue weighted by Crippen LogP contribution is 2.31. The van der Waals surface area contributed by atoms with Crippen LogP contribution in [0.15, 0.2) is 48.7 Å². The molecule has 0 unspecified atom stereocenters. The van der Waals surface area contributed by atoms with Crippen molar-refractivity contribution in [1.82, 2.24) is 9.88 Å². The standard InChI is InChI=1S/C19H23N3O2/c1-20-18-11-10-16(13-21-18)17-9-5-6-12-22(17)19(23)24-14-15-7-3-2-4-8-15/h2-4,7-8,10-11,13,17H,5-6,9,12,14H2,1H3,(H,20,21)/t17-/m0/s1. The maximum Gasteiger partial charge on any atom is 0.410 e. The average Bonchev–Trinajstić information content (AvgIpc) is 2.67. The van der Waals surface area contributed by atoms with Crippen LogP contribution in [0.2, 0.25) is 0 Å². The van der Waals surface area contributed by atoms with Gasteiger partial charge in [0, 0.05) is 19.8 Å². The summed E-state index contributed by atoms with van der Waals surface area (Å²) in [4.78, 5) is 18.8. The van der Waals surface area contributed by atoms with Gasteiger partial charge in [-0.25, -0.2) is 9.78 Å². The van der Waals surface area contributed by atoms with Crippen molar-refractivity contribution in [2.24, 2.45) is 0 Å². The molecule has 5 nitrogen and oxygen atoms in total. The molecular weight excluding hydrogens is 302 g/mol. The first-order chi connectivity index (χ1) is 11.8. The Labute approximate surface area is 142 Å². The van der Waals surface area contributed by atoms with Crippen molar-refractivity contribution >= 4 is 11.9 Å². The third-order valence-electron chi connectivity index (χ3n) is 4.37. The van der Waals surface area contributed by atoms with E-state index in [0.717, 1.165) is 42.8 Å². The van der Waals surface area contributed by atoms with Gasteiger partial charge in [0.25, 0.3) is 0 Å². The van der Waals surface area contributed by atoms with E-state index in [1.807, 2.05) is 60.6 Å². The molecular formula is C19H23N3O2. The van der Waals surface area contributed by atoms with Crippen LogP contribution >= 0.6 is 0 Å². The zero-order valence-corrected chi connectivity index (χ0v) is 13.9. The number of rotatable bonds is 4. The predicted molar refractivity (Wildman–Crippen MR) is 93.7 cm³/mol. The van der Waals surface area contributed by atoms with E-state index in [-0.39, 0.29) is 12.1 Å². The van der Waals surface area contributed by atoms with E-state index in [2.05, 4.69) is 10.3 Å². The summed E-state index contributed by atoms with van der Waals surface area (Å²) < 4.78 is 5.52. The summed E-state index contributed by atoms with van der Waals surface area (Å²) in [5.41, 5.74) is 2.06. The average molecular weight is 325 g/mol. The number of hydrogen-bond donors (Lipinski definition) is 1. The molecule has 1 N–H and O–H groups in total. The number of ether oxygens (including phenoxy) is 1. The first-order valence-electron chi connectivity index (χ1n) is 8.39. The van der Waals surface area contributed by atoms with Gasteiger partial charge in [-0.2, -0.15) is 0 Å². The van der Waals surface area contributed by atoms with Crippen LogP contribution in [0, 0.1) is 0 Å². The van der Waals surface area contributed by atoms with Crippen molar-refractivity contribution in [3.63, 3.8) is 0 Å². The van der Waals surface area contributed by atoms with Gasteiger partial charge in [-0.05, 0) is 36.5 Å². The van der Waals surface area contributed by atoms with Gasteiger partial charge in [-0.1, -0.05) is 36.4 Å². The summed E-state index contributed by atoms with van der Waals surface area (Å²) in [7, 11) is 1.84. The molecule has 0 bridgehead atoms. The molecule has 0 spiro atoms. The Morgan fingerprint density at radius 3 is 2.79 bits per heavy atom. The highest BCUT2D eigenvalue weighted by atomic mass is 16.6. The number of carbonyl (C=O) groups excluding carboxylic acids is 1. The Bertz CT molecular complexity index is 658. The van der Waals surface area contributed by atoms with Crippen LogP contribution in [-0.2, 0) is 11.3 Å². The number of amides is 1. The molecule has 1 aliphatic rings. The Morgan fingerprint density at radius 2 is 2.08 bits per heavy atom. The summed E-state index contributed by atoms with van der Waals surface area (Å²) in [5.74, 6) is 0.827. The van der Waals surface area contributed by atoms with Crippen molar-refractivity contribution in [3.05, 3.63) is 59.8 Å². The summed E-state index contributed by atoms with van der Waals surface area (Å²) in [6, 6.07) is 13.8. The van der Waals surface area contributed by atoms with Crippen molar-refractivity contribution in [2.45, 2.75) is 31.9 Å². The van der Waals surface area contributed by atoms with Crippen LogP contribution in [0.3, 0.4) is 0 Å². The number of carbonyl (C=O) groups is 1. The molecule has 1 aliphatic heterocycles. The minimum Gasteiger partial charge on any atom is -0.445 e. The van der Waals surface area contributed by atoms with E-state index in [1.165, 1.54) is 0 Å². The second kappa shape index (κ2) is 7.81. The van der Waals surface area contributed by atoms with Gasteiger partial charge in [-0.3, -0.25) is 0 Å². The van der Waals surface area contributed by atoms with E-state index in [1.54, 1.807) is 0 Å². The topological polar surface area (TPSA) is 54.5 Å². The van der Waals surface area contributed by atoms with E-state index < -0.39 is 0 Å². The molecule has 1 aromatic heterocycles. The lowest BCUT2D eigenvalue weighted by molar-refractivity contribution is 0.0678. The molecule has 1 fully saturated rings. The largest absolute Gasteiger partial charge is 0.445 e. The van der Waals surface area contributed by atoms with Crippen LogP contribution in [0.1, 0.15) is 36.4 Å². The van der Waals surface area contributed by atoms with Crippen LogP contribution in [0.4, 0.5) is 10.6 Å². The third-order valence-corrected chi connectivity index (χ3v) is 4.37. The quantitative estimate of drug-likeness (QED) is 0.923. The highest BCUT2D eigenvalue weighted by Gasteiger charge is 2.29. The lowest BCUT2D eigenvalue weighted by atomic mass is 9.97. The fourth-order valence-corrected chi connectivity index (χ4v) is 3.05. The highest BCUT2D eigenvalue weighted by molar-refractivity contribution is 5.68. The monoisotopic (exact) mass is 325 g/mol. The Kier molecular flexibility index (Phi) is 5.31. The van der Waals surface area contributed by atoms with E-state index in [9.17, 15) is 4.79 Å². The SMILES string of the molecule is CNc1ccc([C@@H]2CCCCN2C(=O)OCc2ccccc2)cn1. The summed E-state index contributed by atoms with van der Waals surface area (Å²) in [6.45, 7) is 1.03. The molecule has 0 radical (unpaired) electrons. The van der Waals surface area contributed by atoms with Crippen LogP contribution in [-0.4, -0.2) is 29.6 Å². The van der Waals surface area contributed by atoms with Gasteiger partial charge in [0.2, 0.25) is 0 Å². The number of hydrogen-bond acceptors (Lipinski definition) is 4. The van der Waals surface area contributed by atoms with Crippen molar-refractivity contribution < 1.29 is 9.53 Å². The Balaban J connectivity index is 1.67. The van der Waals surface area contributed by atoms with E-state index in [4.69, 9.17) is 4.74 Å². The van der Waals surface area contributed by atoms with Crippen molar-refractivity contribution in [1.29, 1.82) is 0 Å². The normalized spacial score (nSPS) is 17.4. The molecule has 1 atom stereocenters. The van der Waals surface area contributed by atoms with Gasteiger partial charge in [0.1, 0.15) is 12.4 Å². The van der Waals surface area contributed by atoms with E-state index >= 15 is 0 Å². The first-order valence-corrected chi connectivity index (χ1v) is 8.39. The van der Waals surface area contributed by atoms with Crippen molar-refractivity contribution in [3.8, 4) is 0 Å². The predicted octanol–water partition coefficient (Wildman–Crippen LogP) is 3.99. The Morgan fingerprint density at radius 1 is 1.25 bits per heavy atom. The number of aromatic nitrogens is 1. The van der Waals surface area contributed by atoms with E-state index in [0.29, 0.717) is 6.61 Å². The second-order valence-electron chi connectivity index (χ2n) is 5.97. The molecule has 3 rings (SSSR count). The van der Waals surface area contributed by atoms with Crippen LogP contribution in [0.25, 0.3) is 0 Å². The zero-order valence-electron chi connectivity index (χ0n) is 13.9. The van der Waals surface area contributed by atoms with Crippen molar-refractivity contribution in [2.75, 3.05) is 18.9 Å². The molecule has 2 aromatic rings. The lowest BCUT2D eigenvalue weighted by Crippen LogP contribution is -2.38. The number of anilines is 1. The Hall–Kier alpha value is -2.56. The maximum absolute atomic E-state index is 12.5. The molecule has 5 heteroatoms. The molecule has 126 valence electrons. The number of likely N-dealkylation sites (tertiary alicyclic amines) is 1. The van der Waals surface area contributed by atoms with Gasteiger partial charge < -0.3 is 15.0 Å². The van der Waals surface area contributed by atoms with Gasteiger partial charge in [0.05, 0.1) is 6.04 Å². The van der Waals surface area contributed by atoms with Crippen LogP contribution in [0.5, 0.6) is 0 Å². The number of benzene rings is 1. The minimum absolute atomic E-state index is 0.0421. The molecule has 24 heavy (non-hydrogen) atoms. The molecule has 2 heterocycles. The molecule has 1 amide bonds. The fraction of sp³-hybridized carbons (Fsp3) is 0.368. The van der Waals surface area contributed by atoms with Gasteiger partial charge in [-0.15, -0.1) is 0 Å². The first kappa shape index (κ1) is 16.3. The molecule has 0 saturated carbocycles. The summed E-state index contributed by atoms with van der Waals surface area (Å²) >= 11 is 0. The number of pyridine rings is 1. The summed E-state index contributed by atoms with van der Waals surface area (Å²) in [6.07, 6.45) is 4.67. The smallest absolute Gasteiger partial charge is 0.410 e. The van der Waals surface area contributed by atoms with Gasteiger partial charge in [0.15, 0.2) is 0 Å². The number of nitrogens with one attached hydrogen (secondary N) is 1. The third kappa shape index (κ3) is 3.85. The molecule has 1 saturated heterocycles.